The maximum atomic E-state index is 6.28. The molecule has 4 heteroatoms. The minimum atomic E-state index is -0.839. The third kappa shape index (κ3) is 2.42. The van der Waals surface area contributed by atoms with Crippen LogP contribution >= 0.6 is 8.38 Å². The molecule has 2 aromatic rings. The van der Waals surface area contributed by atoms with E-state index < -0.39 is 14.0 Å². The molecule has 2 nitrogen and oxygen atoms in total. The topological polar surface area (TPSA) is 18.5 Å². The summed E-state index contributed by atoms with van der Waals surface area (Å²) in [5.74, 6) is 0. The van der Waals surface area contributed by atoms with Gasteiger partial charge in [0.15, 0.2) is 14.0 Å². The molecule has 3 rings (SSSR count). The van der Waals surface area contributed by atoms with Crippen LogP contribution in [0.3, 0.4) is 0 Å². The van der Waals surface area contributed by atoms with Crippen molar-refractivity contribution < 1.29 is 9.05 Å². The van der Waals surface area contributed by atoms with Gasteiger partial charge in [0.2, 0.25) is 0 Å². The number of hydrogen-bond donors (Lipinski definition) is 0. The molecular formula is C16H20BO2P. The summed E-state index contributed by atoms with van der Waals surface area (Å²) in [4.78, 5) is 0. The van der Waals surface area contributed by atoms with Crippen molar-refractivity contribution in [2.45, 2.75) is 18.6 Å². The lowest BCUT2D eigenvalue weighted by Gasteiger charge is -2.31. The van der Waals surface area contributed by atoms with E-state index in [1.54, 1.807) is 0 Å². The van der Waals surface area contributed by atoms with E-state index >= 15 is 0 Å². The van der Waals surface area contributed by atoms with Crippen LogP contribution in [0.4, 0.5) is 0 Å². The first-order valence-electron chi connectivity index (χ1n) is 6.44. The fraction of sp³-hybridized carbons (Fsp3) is 0.250. The summed E-state index contributed by atoms with van der Waals surface area (Å²) in [5.41, 5.74) is 1.82. The molecule has 0 bridgehead atoms. The predicted octanol–water partition coefficient (Wildman–Crippen LogP) is 3.12. The standard InChI is InChI=1S/C16H17O2P.BH3/c1-13-16(18-19(2)17-13,14-9-5-3-6-10-14)15-11-7-4-8-12-15;/h3-13H,1-2H3;1H3. The molecule has 1 aliphatic heterocycles. The Morgan fingerprint density at radius 2 is 1.35 bits per heavy atom. The summed E-state index contributed by atoms with van der Waals surface area (Å²) in [7, 11) is -0.839. The highest BCUT2D eigenvalue weighted by atomic mass is 31.2. The molecule has 104 valence electrons. The van der Waals surface area contributed by atoms with Crippen molar-refractivity contribution in [2.24, 2.45) is 0 Å². The van der Waals surface area contributed by atoms with Crippen molar-refractivity contribution in [2.75, 3.05) is 6.66 Å². The summed E-state index contributed by atoms with van der Waals surface area (Å²) < 4.78 is 12.2. The van der Waals surface area contributed by atoms with Crippen molar-refractivity contribution in [3.63, 3.8) is 0 Å². The lowest BCUT2D eigenvalue weighted by molar-refractivity contribution is 0.0858. The minimum Gasteiger partial charge on any atom is -0.327 e. The molecular weight excluding hydrogens is 266 g/mol. The fourth-order valence-corrected chi connectivity index (χ4v) is 4.11. The molecule has 1 fully saturated rings. The van der Waals surface area contributed by atoms with E-state index in [2.05, 4.69) is 31.2 Å². The van der Waals surface area contributed by atoms with Gasteiger partial charge in [-0.15, -0.1) is 0 Å². The quantitative estimate of drug-likeness (QED) is 0.624. The van der Waals surface area contributed by atoms with Crippen LogP contribution < -0.4 is 0 Å². The van der Waals surface area contributed by atoms with Gasteiger partial charge in [0, 0.05) is 6.66 Å². The van der Waals surface area contributed by atoms with E-state index in [1.807, 2.05) is 43.1 Å². The lowest BCUT2D eigenvalue weighted by Crippen LogP contribution is -2.36. The number of benzene rings is 2. The first-order valence-corrected chi connectivity index (χ1v) is 8.06. The third-order valence-corrected chi connectivity index (χ3v) is 4.72. The molecule has 0 aromatic heterocycles. The minimum absolute atomic E-state index is 0. The molecule has 0 aliphatic carbocycles. The Hall–Kier alpha value is -1.15. The zero-order valence-corrected chi connectivity index (χ0v) is 12.0. The van der Waals surface area contributed by atoms with E-state index in [1.165, 1.54) is 0 Å². The van der Waals surface area contributed by atoms with Crippen LogP contribution in [0.15, 0.2) is 60.7 Å². The average molecular weight is 286 g/mol. The summed E-state index contributed by atoms with van der Waals surface area (Å²) >= 11 is 0. The van der Waals surface area contributed by atoms with Gasteiger partial charge in [-0.2, -0.15) is 0 Å². The Kier molecular flexibility index (Phi) is 4.64. The Bertz CT molecular complexity index is 507. The van der Waals surface area contributed by atoms with Crippen LogP contribution in [0.5, 0.6) is 0 Å². The average Bonchev–Trinajstić information content (AvgIpc) is 2.76. The van der Waals surface area contributed by atoms with Gasteiger partial charge in [-0.05, 0) is 18.1 Å². The SMILES string of the molecule is B.CC1OP(C)OC1(c1ccccc1)c1ccccc1. The summed E-state index contributed by atoms with van der Waals surface area (Å²) in [6.45, 7) is 4.10. The highest BCUT2D eigenvalue weighted by Gasteiger charge is 2.49. The monoisotopic (exact) mass is 286 g/mol. The van der Waals surface area contributed by atoms with Crippen molar-refractivity contribution in [1.29, 1.82) is 0 Å². The van der Waals surface area contributed by atoms with E-state index in [0.29, 0.717) is 0 Å². The third-order valence-electron chi connectivity index (χ3n) is 3.56. The molecule has 0 saturated carbocycles. The Labute approximate surface area is 123 Å². The molecule has 0 radical (unpaired) electrons. The van der Waals surface area contributed by atoms with Gasteiger partial charge in [-0.3, -0.25) is 0 Å². The molecule has 0 N–H and O–H groups in total. The first-order chi connectivity index (χ1) is 9.23. The van der Waals surface area contributed by atoms with E-state index in [4.69, 9.17) is 9.05 Å². The van der Waals surface area contributed by atoms with Crippen LogP contribution in [0.2, 0.25) is 0 Å². The predicted molar refractivity (Wildman–Crippen MR) is 88.1 cm³/mol. The van der Waals surface area contributed by atoms with Gasteiger partial charge in [0.25, 0.3) is 0 Å². The highest BCUT2D eigenvalue weighted by Crippen LogP contribution is 2.57. The Balaban J connectivity index is 0.00000147. The molecule has 1 heterocycles. The van der Waals surface area contributed by atoms with Gasteiger partial charge in [-0.1, -0.05) is 60.7 Å². The maximum Gasteiger partial charge on any atom is 0.168 e. The van der Waals surface area contributed by atoms with Crippen LogP contribution in [-0.2, 0) is 14.6 Å². The molecule has 2 aromatic carbocycles. The molecule has 20 heavy (non-hydrogen) atoms. The molecule has 1 saturated heterocycles. The first kappa shape index (κ1) is 15.2. The smallest absolute Gasteiger partial charge is 0.168 e. The summed E-state index contributed by atoms with van der Waals surface area (Å²) in [5, 5.41) is 0. The van der Waals surface area contributed by atoms with Crippen LogP contribution in [0.1, 0.15) is 18.1 Å². The second kappa shape index (κ2) is 6.09. The van der Waals surface area contributed by atoms with Gasteiger partial charge in [-0.25, -0.2) is 0 Å². The zero-order chi connectivity index (χ0) is 13.3. The van der Waals surface area contributed by atoms with Gasteiger partial charge in [0.1, 0.15) is 0 Å². The molecule has 2 atom stereocenters. The number of hydrogen-bond acceptors (Lipinski definition) is 2. The summed E-state index contributed by atoms with van der Waals surface area (Å²) in [6.07, 6.45) is 0.00779. The highest BCUT2D eigenvalue weighted by molar-refractivity contribution is 7.46. The van der Waals surface area contributed by atoms with Crippen molar-refractivity contribution in [3.05, 3.63) is 71.8 Å². The number of rotatable bonds is 2. The van der Waals surface area contributed by atoms with Crippen molar-refractivity contribution in [1.82, 2.24) is 0 Å². The lowest BCUT2D eigenvalue weighted by atomic mass is 9.82. The van der Waals surface area contributed by atoms with E-state index in [9.17, 15) is 0 Å². The van der Waals surface area contributed by atoms with Crippen LogP contribution in [0, 0.1) is 0 Å². The molecule has 2 unspecified atom stereocenters. The second-order valence-electron chi connectivity index (χ2n) is 4.75. The van der Waals surface area contributed by atoms with Crippen molar-refractivity contribution in [3.8, 4) is 0 Å². The van der Waals surface area contributed by atoms with Gasteiger partial charge in [0.05, 0.1) is 14.5 Å². The van der Waals surface area contributed by atoms with E-state index in [-0.39, 0.29) is 14.5 Å². The van der Waals surface area contributed by atoms with E-state index in [0.717, 1.165) is 11.1 Å². The molecule has 0 amide bonds. The Morgan fingerprint density at radius 1 is 0.900 bits per heavy atom. The van der Waals surface area contributed by atoms with Gasteiger partial charge >= 0.3 is 0 Å². The van der Waals surface area contributed by atoms with Crippen LogP contribution in [0.25, 0.3) is 0 Å². The second-order valence-corrected chi connectivity index (χ2v) is 6.02. The fourth-order valence-electron chi connectivity index (χ4n) is 2.71. The Morgan fingerprint density at radius 3 is 1.70 bits per heavy atom. The van der Waals surface area contributed by atoms with Crippen LogP contribution in [-0.4, -0.2) is 21.2 Å². The summed E-state index contributed by atoms with van der Waals surface area (Å²) in [6, 6.07) is 20.7. The van der Waals surface area contributed by atoms with Gasteiger partial charge < -0.3 is 9.05 Å². The largest absolute Gasteiger partial charge is 0.327 e. The zero-order valence-electron chi connectivity index (χ0n) is 11.1. The molecule has 1 aliphatic rings. The van der Waals surface area contributed by atoms with Crippen molar-refractivity contribution >= 4 is 16.8 Å². The molecule has 0 spiro atoms. The normalized spacial score (nSPS) is 24.1. The maximum absolute atomic E-state index is 6.28.